The van der Waals surface area contributed by atoms with Crippen LogP contribution in [0.15, 0.2) is 47.1 Å². The second kappa shape index (κ2) is 5.32. The summed E-state index contributed by atoms with van der Waals surface area (Å²) in [4.78, 5) is 10.7. The number of carbonyl (C=O) groups is 1. The lowest BCUT2D eigenvalue weighted by molar-refractivity contribution is 0.0697. The molecule has 0 saturated heterocycles. The zero-order chi connectivity index (χ0) is 12.1. The lowest BCUT2D eigenvalue weighted by Gasteiger charge is -2.03. The van der Waals surface area contributed by atoms with Gasteiger partial charge in [-0.05, 0) is 29.8 Å². The third kappa shape index (κ3) is 3.19. The van der Waals surface area contributed by atoms with Gasteiger partial charge in [0, 0.05) is 6.54 Å². The smallest absolute Gasteiger partial charge is 0.335 e. The van der Waals surface area contributed by atoms with Crippen molar-refractivity contribution >= 4 is 5.97 Å². The summed E-state index contributed by atoms with van der Waals surface area (Å²) in [7, 11) is 0. The minimum Gasteiger partial charge on any atom is -0.478 e. The molecule has 0 atom stereocenters. The first-order chi connectivity index (χ1) is 8.25. The van der Waals surface area contributed by atoms with Crippen LogP contribution in [0.5, 0.6) is 0 Å². The van der Waals surface area contributed by atoms with Crippen molar-refractivity contribution in [2.75, 3.05) is 0 Å². The Morgan fingerprint density at radius 2 is 1.94 bits per heavy atom. The molecule has 1 heterocycles. The van der Waals surface area contributed by atoms with Gasteiger partial charge >= 0.3 is 5.97 Å². The third-order valence-corrected chi connectivity index (χ3v) is 2.41. The van der Waals surface area contributed by atoms with E-state index >= 15 is 0 Å². The Balaban J connectivity index is 1.85. The van der Waals surface area contributed by atoms with Crippen LogP contribution in [-0.4, -0.2) is 11.1 Å². The fourth-order valence-electron chi connectivity index (χ4n) is 1.51. The Hall–Kier alpha value is -2.07. The highest BCUT2D eigenvalue weighted by atomic mass is 16.4. The van der Waals surface area contributed by atoms with Crippen LogP contribution in [0.2, 0.25) is 0 Å². The summed E-state index contributed by atoms with van der Waals surface area (Å²) in [6, 6.07) is 10.6. The number of carboxylic acids is 1. The molecule has 2 aromatic rings. The first-order valence-corrected chi connectivity index (χ1v) is 5.31. The number of aromatic carboxylic acids is 1. The quantitative estimate of drug-likeness (QED) is 0.828. The standard InChI is InChI=1S/C13H13NO3/c15-13(16)11-5-3-10(4-6-11)8-14-9-12-2-1-7-17-12/h1-7,14H,8-9H2,(H,15,16). The molecule has 0 aliphatic heterocycles. The Morgan fingerprint density at radius 1 is 1.18 bits per heavy atom. The average Bonchev–Trinajstić information content (AvgIpc) is 2.83. The number of furan rings is 1. The van der Waals surface area contributed by atoms with Gasteiger partial charge in [-0.1, -0.05) is 12.1 Å². The Morgan fingerprint density at radius 3 is 2.53 bits per heavy atom. The molecule has 0 saturated carbocycles. The van der Waals surface area contributed by atoms with E-state index < -0.39 is 5.97 Å². The van der Waals surface area contributed by atoms with E-state index in [0.717, 1.165) is 11.3 Å². The predicted molar refractivity (Wildman–Crippen MR) is 62.7 cm³/mol. The van der Waals surface area contributed by atoms with Crippen LogP contribution < -0.4 is 5.32 Å². The van der Waals surface area contributed by atoms with Crippen LogP contribution in [0.3, 0.4) is 0 Å². The molecular weight excluding hydrogens is 218 g/mol. The largest absolute Gasteiger partial charge is 0.478 e. The molecule has 4 nitrogen and oxygen atoms in total. The topological polar surface area (TPSA) is 62.5 Å². The summed E-state index contributed by atoms with van der Waals surface area (Å²) >= 11 is 0. The minimum absolute atomic E-state index is 0.305. The van der Waals surface area contributed by atoms with Crippen molar-refractivity contribution in [3.8, 4) is 0 Å². The summed E-state index contributed by atoms with van der Waals surface area (Å²) in [6.45, 7) is 1.34. The number of carboxylic acid groups (broad SMARTS) is 1. The zero-order valence-electron chi connectivity index (χ0n) is 9.22. The normalized spacial score (nSPS) is 10.4. The summed E-state index contributed by atoms with van der Waals surface area (Å²) in [5.74, 6) is -0.0211. The van der Waals surface area contributed by atoms with E-state index in [-0.39, 0.29) is 0 Å². The number of rotatable bonds is 5. The fraction of sp³-hybridized carbons (Fsp3) is 0.154. The van der Waals surface area contributed by atoms with Crippen LogP contribution in [0, 0.1) is 0 Å². The SMILES string of the molecule is O=C(O)c1ccc(CNCc2ccco2)cc1. The molecule has 0 unspecified atom stereocenters. The summed E-state index contributed by atoms with van der Waals surface area (Å²) in [6.07, 6.45) is 1.64. The molecule has 88 valence electrons. The first kappa shape index (κ1) is 11.4. The molecule has 2 N–H and O–H groups in total. The minimum atomic E-state index is -0.903. The van der Waals surface area contributed by atoms with Crippen molar-refractivity contribution in [2.45, 2.75) is 13.1 Å². The molecule has 2 rings (SSSR count). The number of nitrogens with one attached hydrogen (secondary N) is 1. The maximum absolute atomic E-state index is 10.7. The van der Waals surface area contributed by atoms with E-state index in [1.54, 1.807) is 30.5 Å². The molecule has 0 radical (unpaired) electrons. The van der Waals surface area contributed by atoms with Gasteiger partial charge in [-0.25, -0.2) is 4.79 Å². The molecular formula is C13H13NO3. The summed E-state index contributed by atoms with van der Waals surface area (Å²) in [5.41, 5.74) is 1.35. The molecule has 0 fully saturated rings. The van der Waals surface area contributed by atoms with Gasteiger partial charge < -0.3 is 14.8 Å². The number of hydrogen-bond acceptors (Lipinski definition) is 3. The Bertz CT molecular complexity index is 474. The van der Waals surface area contributed by atoms with Crippen LogP contribution in [-0.2, 0) is 13.1 Å². The Kier molecular flexibility index (Phi) is 3.57. The predicted octanol–water partition coefficient (Wildman–Crippen LogP) is 2.27. The maximum atomic E-state index is 10.7. The van der Waals surface area contributed by atoms with Gasteiger partial charge in [0.25, 0.3) is 0 Å². The van der Waals surface area contributed by atoms with E-state index in [1.165, 1.54) is 0 Å². The van der Waals surface area contributed by atoms with E-state index in [2.05, 4.69) is 5.32 Å². The highest BCUT2D eigenvalue weighted by Crippen LogP contribution is 2.05. The second-order valence-corrected chi connectivity index (χ2v) is 3.68. The van der Waals surface area contributed by atoms with Gasteiger partial charge in [0.15, 0.2) is 0 Å². The molecule has 1 aromatic carbocycles. The molecule has 0 amide bonds. The fourth-order valence-corrected chi connectivity index (χ4v) is 1.51. The average molecular weight is 231 g/mol. The van der Waals surface area contributed by atoms with Crippen LogP contribution in [0.25, 0.3) is 0 Å². The van der Waals surface area contributed by atoms with E-state index in [0.29, 0.717) is 18.7 Å². The summed E-state index contributed by atoms with van der Waals surface area (Å²) in [5, 5.41) is 12.0. The molecule has 0 spiro atoms. The highest BCUT2D eigenvalue weighted by molar-refractivity contribution is 5.87. The molecule has 0 aliphatic rings. The van der Waals surface area contributed by atoms with Crippen molar-refractivity contribution in [2.24, 2.45) is 0 Å². The second-order valence-electron chi connectivity index (χ2n) is 3.68. The van der Waals surface area contributed by atoms with Gasteiger partial charge in [-0.2, -0.15) is 0 Å². The van der Waals surface area contributed by atoms with Gasteiger partial charge in [0.05, 0.1) is 18.4 Å². The number of hydrogen-bond donors (Lipinski definition) is 2. The van der Waals surface area contributed by atoms with E-state index in [4.69, 9.17) is 9.52 Å². The zero-order valence-corrected chi connectivity index (χ0v) is 9.22. The van der Waals surface area contributed by atoms with Crippen molar-refractivity contribution < 1.29 is 14.3 Å². The van der Waals surface area contributed by atoms with Gasteiger partial charge in [0.2, 0.25) is 0 Å². The van der Waals surface area contributed by atoms with Crippen molar-refractivity contribution in [1.29, 1.82) is 0 Å². The summed E-state index contributed by atoms with van der Waals surface area (Å²) < 4.78 is 5.18. The van der Waals surface area contributed by atoms with Crippen LogP contribution >= 0.6 is 0 Å². The van der Waals surface area contributed by atoms with Gasteiger partial charge in [-0.3, -0.25) is 0 Å². The molecule has 1 aromatic heterocycles. The molecule has 17 heavy (non-hydrogen) atoms. The number of benzene rings is 1. The van der Waals surface area contributed by atoms with E-state index in [9.17, 15) is 4.79 Å². The Labute approximate surface area is 98.9 Å². The monoisotopic (exact) mass is 231 g/mol. The van der Waals surface area contributed by atoms with Gasteiger partial charge in [0.1, 0.15) is 5.76 Å². The lowest BCUT2D eigenvalue weighted by Crippen LogP contribution is -2.12. The molecule has 0 bridgehead atoms. The first-order valence-electron chi connectivity index (χ1n) is 5.31. The van der Waals surface area contributed by atoms with Crippen LogP contribution in [0.4, 0.5) is 0 Å². The van der Waals surface area contributed by atoms with Crippen LogP contribution in [0.1, 0.15) is 21.7 Å². The van der Waals surface area contributed by atoms with E-state index in [1.807, 2.05) is 12.1 Å². The van der Waals surface area contributed by atoms with Crippen molar-refractivity contribution in [1.82, 2.24) is 5.32 Å². The van der Waals surface area contributed by atoms with Crippen molar-refractivity contribution in [3.05, 3.63) is 59.5 Å². The highest BCUT2D eigenvalue weighted by Gasteiger charge is 2.01. The van der Waals surface area contributed by atoms with Gasteiger partial charge in [-0.15, -0.1) is 0 Å². The third-order valence-electron chi connectivity index (χ3n) is 2.41. The van der Waals surface area contributed by atoms with Crippen molar-refractivity contribution in [3.63, 3.8) is 0 Å². The molecule has 0 aliphatic carbocycles. The lowest BCUT2D eigenvalue weighted by atomic mass is 10.1. The molecule has 4 heteroatoms. The maximum Gasteiger partial charge on any atom is 0.335 e.